The zero-order chi connectivity index (χ0) is 17.9. The molecule has 1 amide bonds. The second-order valence-electron chi connectivity index (χ2n) is 6.26. The molecule has 0 atom stereocenters. The highest BCUT2D eigenvalue weighted by Crippen LogP contribution is 2.34. The summed E-state index contributed by atoms with van der Waals surface area (Å²) in [6.07, 6.45) is 1.94. The Morgan fingerprint density at radius 3 is 2.71 bits per heavy atom. The van der Waals surface area contributed by atoms with Crippen molar-refractivity contribution in [2.45, 2.75) is 51.1 Å². The Labute approximate surface area is 149 Å². The first-order chi connectivity index (χ1) is 11.2. The molecule has 2 aromatic rings. The van der Waals surface area contributed by atoms with E-state index >= 15 is 0 Å². The number of carbonyl (C=O) groups excluding carboxylic acids is 1. The second-order valence-corrected chi connectivity index (χ2v) is 8.42. The molecule has 0 saturated heterocycles. The topological polar surface area (TPSA) is 92.2 Å². The number of amides is 1. The van der Waals surface area contributed by atoms with Crippen molar-refractivity contribution in [1.29, 1.82) is 0 Å². The molecule has 8 heteroatoms. The Kier molecular flexibility index (Phi) is 5.82. The number of fused-ring (bicyclic) bond motifs is 1. The number of thioether (sulfide) groups is 1. The summed E-state index contributed by atoms with van der Waals surface area (Å²) in [4.78, 5) is 33.6. The van der Waals surface area contributed by atoms with Gasteiger partial charge in [-0.15, -0.1) is 11.3 Å². The molecule has 0 bridgehead atoms. The van der Waals surface area contributed by atoms with E-state index in [0.29, 0.717) is 6.42 Å². The molecule has 130 valence electrons. The van der Waals surface area contributed by atoms with Crippen LogP contribution >= 0.6 is 23.1 Å². The minimum Gasteiger partial charge on any atom is -0.481 e. The van der Waals surface area contributed by atoms with Crippen LogP contribution in [0.2, 0.25) is 0 Å². The zero-order valence-electron chi connectivity index (χ0n) is 14.2. The van der Waals surface area contributed by atoms with Gasteiger partial charge in [0.25, 0.3) is 0 Å². The summed E-state index contributed by atoms with van der Waals surface area (Å²) in [6, 6.07) is 0. The van der Waals surface area contributed by atoms with Gasteiger partial charge in [0.1, 0.15) is 16.2 Å². The number of hydrogen-bond donors (Lipinski definition) is 2. The summed E-state index contributed by atoms with van der Waals surface area (Å²) < 4.78 is 0. The first-order valence-electron chi connectivity index (χ1n) is 7.56. The molecule has 2 heterocycles. The van der Waals surface area contributed by atoms with Gasteiger partial charge in [0.05, 0.1) is 5.75 Å². The van der Waals surface area contributed by atoms with E-state index in [4.69, 9.17) is 5.11 Å². The van der Waals surface area contributed by atoms with Crippen LogP contribution in [0.4, 0.5) is 0 Å². The molecule has 24 heavy (non-hydrogen) atoms. The largest absolute Gasteiger partial charge is 0.481 e. The third kappa shape index (κ3) is 4.67. The molecule has 2 rings (SSSR count). The van der Waals surface area contributed by atoms with E-state index in [0.717, 1.165) is 20.8 Å². The SMILES string of the molecule is Cc1sc2ncnc(SCC(=O)NC(C)(C)CCC(=O)O)c2c1C. The van der Waals surface area contributed by atoms with Crippen molar-refractivity contribution in [3.8, 4) is 0 Å². The first-order valence-corrected chi connectivity index (χ1v) is 9.36. The molecule has 0 aromatic carbocycles. The van der Waals surface area contributed by atoms with E-state index in [9.17, 15) is 9.59 Å². The van der Waals surface area contributed by atoms with Crippen molar-refractivity contribution < 1.29 is 14.7 Å². The van der Waals surface area contributed by atoms with Gasteiger partial charge < -0.3 is 10.4 Å². The number of carbonyl (C=O) groups is 2. The normalized spacial score (nSPS) is 11.7. The molecule has 2 N–H and O–H groups in total. The number of thiophene rings is 1. The molecule has 0 spiro atoms. The van der Waals surface area contributed by atoms with Crippen molar-refractivity contribution in [2.75, 3.05) is 5.75 Å². The van der Waals surface area contributed by atoms with Crippen LogP contribution in [0, 0.1) is 13.8 Å². The fourth-order valence-electron chi connectivity index (χ4n) is 2.29. The van der Waals surface area contributed by atoms with E-state index in [2.05, 4.69) is 15.3 Å². The van der Waals surface area contributed by atoms with Gasteiger partial charge in [0.2, 0.25) is 5.91 Å². The number of carboxylic acid groups (broad SMARTS) is 1. The maximum Gasteiger partial charge on any atom is 0.303 e. The molecule has 6 nitrogen and oxygen atoms in total. The number of carboxylic acids is 1. The van der Waals surface area contributed by atoms with Crippen molar-refractivity contribution in [3.63, 3.8) is 0 Å². The standard InChI is InChI=1S/C16H21N3O3S2/c1-9-10(2)24-15-13(9)14(17-8-18-15)23-7-11(20)19-16(3,4)6-5-12(21)22/h8H,5-7H2,1-4H3,(H,19,20)(H,21,22). The highest BCUT2D eigenvalue weighted by Gasteiger charge is 2.22. The third-order valence-electron chi connectivity index (χ3n) is 3.71. The number of hydrogen-bond acceptors (Lipinski definition) is 6. The van der Waals surface area contributed by atoms with Crippen LogP contribution in [0.25, 0.3) is 10.2 Å². The van der Waals surface area contributed by atoms with Gasteiger partial charge in [-0.1, -0.05) is 11.8 Å². The molecule has 2 aromatic heterocycles. The zero-order valence-corrected chi connectivity index (χ0v) is 15.8. The Morgan fingerprint density at radius 1 is 1.33 bits per heavy atom. The quantitative estimate of drug-likeness (QED) is 0.577. The van der Waals surface area contributed by atoms with Gasteiger partial charge in [-0.05, 0) is 39.7 Å². The lowest BCUT2D eigenvalue weighted by molar-refractivity contribution is -0.137. The number of aromatic nitrogens is 2. The third-order valence-corrected chi connectivity index (χ3v) is 5.82. The van der Waals surface area contributed by atoms with Crippen LogP contribution < -0.4 is 5.32 Å². The summed E-state index contributed by atoms with van der Waals surface area (Å²) in [6.45, 7) is 7.74. The molecular formula is C16H21N3O3S2. The summed E-state index contributed by atoms with van der Waals surface area (Å²) >= 11 is 3.00. The van der Waals surface area contributed by atoms with Crippen LogP contribution in [0.3, 0.4) is 0 Å². The highest BCUT2D eigenvalue weighted by molar-refractivity contribution is 8.00. The van der Waals surface area contributed by atoms with Crippen molar-refractivity contribution >= 4 is 45.2 Å². The fraction of sp³-hybridized carbons (Fsp3) is 0.500. The van der Waals surface area contributed by atoms with Gasteiger partial charge in [-0.2, -0.15) is 0 Å². The Morgan fingerprint density at radius 2 is 2.04 bits per heavy atom. The lowest BCUT2D eigenvalue weighted by Gasteiger charge is -2.25. The molecule has 0 fully saturated rings. The monoisotopic (exact) mass is 367 g/mol. The van der Waals surface area contributed by atoms with Crippen molar-refractivity contribution in [3.05, 3.63) is 16.8 Å². The van der Waals surface area contributed by atoms with Gasteiger partial charge in [0.15, 0.2) is 0 Å². The Hall–Kier alpha value is -1.67. The van der Waals surface area contributed by atoms with Crippen LogP contribution in [0.5, 0.6) is 0 Å². The fourth-order valence-corrected chi connectivity index (χ4v) is 4.21. The van der Waals surface area contributed by atoms with E-state index in [-0.39, 0.29) is 18.1 Å². The van der Waals surface area contributed by atoms with E-state index in [1.165, 1.54) is 23.0 Å². The van der Waals surface area contributed by atoms with Crippen LogP contribution in [-0.2, 0) is 9.59 Å². The Bertz CT molecular complexity index is 771. The average Bonchev–Trinajstić information content (AvgIpc) is 2.78. The molecule has 0 radical (unpaired) electrons. The molecule has 0 aliphatic rings. The van der Waals surface area contributed by atoms with Crippen LogP contribution in [0.15, 0.2) is 11.4 Å². The molecule has 0 saturated carbocycles. The first kappa shape index (κ1) is 18.7. The number of aryl methyl sites for hydroxylation is 2. The molecule has 0 unspecified atom stereocenters. The average molecular weight is 367 g/mol. The maximum absolute atomic E-state index is 12.2. The van der Waals surface area contributed by atoms with Crippen LogP contribution in [0.1, 0.15) is 37.1 Å². The number of nitrogens with one attached hydrogen (secondary N) is 1. The minimum atomic E-state index is -0.863. The number of nitrogens with zero attached hydrogens (tertiary/aromatic N) is 2. The Balaban J connectivity index is 2.01. The molecule has 0 aliphatic carbocycles. The summed E-state index contributed by atoms with van der Waals surface area (Å²) in [5.41, 5.74) is 0.603. The number of aliphatic carboxylic acids is 1. The maximum atomic E-state index is 12.2. The summed E-state index contributed by atoms with van der Waals surface area (Å²) in [7, 11) is 0. The smallest absolute Gasteiger partial charge is 0.303 e. The predicted molar refractivity (Wildman–Crippen MR) is 96.7 cm³/mol. The van der Waals surface area contributed by atoms with Crippen LogP contribution in [-0.4, -0.2) is 38.2 Å². The summed E-state index contributed by atoms with van der Waals surface area (Å²) in [5.74, 6) is -0.762. The minimum absolute atomic E-state index is 0.0281. The molecule has 0 aliphatic heterocycles. The van der Waals surface area contributed by atoms with Gasteiger partial charge in [-0.3, -0.25) is 9.59 Å². The number of rotatable bonds is 7. The van der Waals surface area contributed by atoms with Gasteiger partial charge in [-0.25, -0.2) is 9.97 Å². The van der Waals surface area contributed by atoms with Crippen molar-refractivity contribution in [2.24, 2.45) is 0 Å². The van der Waals surface area contributed by atoms with Gasteiger partial charge >= 0.3 is 5.97 Å². The lowest BCUT2D eigenvalue weighted by atomic mass is 9.98. The summed E-state index contributed by atoms with van der Waals surface area (Å²) in [5, 5.41) is 13.5. The van der Waals surface area contributed by atoms with E-state index < -0.39 is 11.5 Å². The molecular weight excluding hydrogens is 346 g/mol. The van der Waals surface area contributed by atoms with Gasteiger partial charge in [0, 0.05) is 22.2 Å². The van der Waals surface area contributed by atoms with E-state index in [1.807, 2.05) is 27.7 Å². The van der Waals surface area contributed by atoms with E-state index in [1.54, 1.807) is 11.3 Å². The predicted octanol–water partition coefficient (Wildman–Crippen LogP) is 3.16. The highest BCUT2D eigenvalue weighted by atomic mass is 32.2. The van der Waals surface area contributed by atoms with Crippen molar-refractivity contribution in [1.82, 2.24) is 15.3 Å². The lowest BCUT2D eigenvalue weighted by Crippen LogP contribution is -2.44. The second kappa shape index (κ2) is 7.48.